The van der Waals surface area contributed by atoms with E-state index in [0.29, 0.717) is 11.3 Å². The molecule has 21 heavy (non-hydrogen) atoms. The molecule has 0 spiro atoms. The van der Waals surface area contributed by atoms with Gasteiger partial charge in [-0.2, -0.15) is 0 Å². The second kappa shape index (κ2) is 6.26. The van der Waals surface area contributed by atoms with Crippen molar-refractivity contribution in [2.75, 3.05) is 12.8 Å². The quantitative estimate of drug-likeness (QED) is 0.694. The fourth-order valence-electron chi connectivity index (χ4n) is 1.92. The molecule has 0 aliphatic carbocycles. The summed E-state index contributed by atoms with van der Waals surface area (Å²) >= 11 is 0. The van der Waals surface area contributed by atoms with Crippen molar-refractivity contribution in [1.29, 1.82) is 0 Å². The lowest BCUT2D eigenvalue weighted by molar-refractivity contribution is 0.0472. The van der Waals surface area contributed by atoms with Crippen molar-refractivity contribution in [3.63, 3.8) is 0 Å². The number of carbonyl (C=O) groups excluding carboxylic acids is 1. The van der Waals surface area contributed by atoms with E-state index in [1.165, 1.54) is 19.2 Å². The van der Waals surface area contributed by atoms with E-state index in [-0.39, 0.29) is 23.7 Å². The molecule has 4 nitrogen and oxygen atoms in total. The lowest BCUT2D eigenvalue weighted by Gasteiger charge is -2.11. The maximum atomic E-state index is 13.2. The summed E-state index contributed by atoms with van der Waals surface area (Å²) in [4.78, 5) is 12.1. The molecule has 0 bridgehead atoms. The van der Waals surface area contributed by atoms with E-state index >= 15 is 0 Å². The van der Waals surface area contributed by atoms with Crippen molar-refractivity contribution in [2.24, 2.45) is 0 Å². The van der Waals surface area contributed by atoms with Crippen LogP contribution in [0.2, 0.25) is 0 Å². The second-order valence-corrected chi connectivity index (χ2v) is 4.57. The zero-order chi connectivity index (χ0) is 15.4. The Hall–Kier alpha value is -2.56. The van der Waals surface area contributed by atoms with E-state index in [1.54, 1.807) is 24.3 Å². The number of hydrogen-bond donors (Lipinski definition) is 1. The largest absolute Gasteiger partial charge is 0.495 e. The molecule has 0 amide bonds. The molecular formula is C16H16FNO3. The summed E-state index contributed by atoms with van der Waals surface area (Å²) in [7, 11) is 1.47. The van der Waals surface area contributed by atoms with E-state index in [2.05, 4.69) is 0 Å². The molecule has 0 unspecified atom stereocenters. The zero-order valence-corrected chi connectivity index (χ0v) is 11.9. The number of rotatable bonds is 4. The highest BCUT2D eigenvalue weighted by atomic mass is 19.1. The number of ether oxygens (including phenoxy) is 2. The van der Waals surface area contributed by atoms with Gasteiger partial charge in [0.2, 0.25) is 0 Å². The van der Waals surface area contributed by atoms with Crippen molar-refractivity contribution in [3.05, 3.63) is 58.9 Å². The molecule has 0 aliphatic rings. The highest BCUT2D eigenvalue weighted by Crippen LogP contribution is 2.25. The van der Waals surface area contributed by atoms with Gasteiger partial charge in [-0.1, -0.05) is 12.1 Å². The van der Waals surface area contributed by atoms with Crippen molar-refractivity contribution in [3.8, 4) is 5.75 Å². The number of nitrogen functional groups attached to an aromatic ring is 1. The molecule has 2 N–H and O–H groups in total. The number of anilines is 1. The van der Waals surface area contributed by atoms with Gasteiger partial charge in [0, 0.05) is 0 Å². The molecule has 0 radical (unpaired) electrons. The monoisotopic (exact) mass is 289 g/mol. The van der Waals surface area contributed by atoms with Crippen LogP contribution in [0.1, 0.15) is 21.5 Å². The summed E-state index contributed by atoms with van der Waals surface area (Å²) in [5.41, 5.74) is 7.75. The smallest absolute Gasteiger partial charge is 0.340 e. The Kier molecular flexibility index (Phi) is 4.42. The maximum absolute atomic E-state index is 13.2. The van der Waals surface area contributed by atoms with Gasteiger partial charge in [-0.25, -0.2) is 9.18 Å². The number of halogens is 1. The first-order chi connectivity index (χ1) is 10.0. The Morgan fingerprint density at radius 2 is 2.05 bits per heavy atom. The average Bonchev–Trinajstić information content (AvgIpc) is 2.48. The number of benzene rings is 2. The van der Waals surface area contributed by atoms with Crippen LogP contribution in [-0.2, 0) is 11.3 Å². The Balaban J connectivity index is 2.14. The third kappa shape index (κ3) is 3.31. The molecule has 0 aromatic heterocycles. The van der Waals surface area contributed by atoms with Gasteiger partial charge >= 0.3 is 5.97 Å². The minimum atomic E-state index is -0.574. The van der Waals surface area contributed by atoms with Crippen molar-refractivity contribution >= 4 is 11.7 Å². The van der Waals surface area contributed by atoms with Gasteiger partial charge in [-0.3, -0.25) is 0 Å². The van der Waals surface area contributed by atoms with Crippen LogP contribution >= 0.6 is 0 Å². The summed E-state index contributed by atoms with van der Waals surface area (Å²) in [5.74, 6) is -0.533. The molecule has 110 valence electrons. The first-order valence-electron chi connectivity index (χ1n) is 6.37. The first-order valence-corrected chi connectivity index (χ1v) is 6.37. The number of aryl methyl sites for hydroxylation is 1. The lowest BCUT2D eigenvalue weighted by atomic mass is 10.1. The number of hydrogen-bond acceptors (Lipinski definition) is 4. The molecule has 0 aliphatic heterocycles. The molecule has 5 heteroatoms. The Labute approximate surface area is 122 Å². The molecule has 2 aromatic carbocycles. The highest BCUT2D eigenvalue weighted by Gasteiger charge is 2.15. The standard InChI is InChI=1S/C16H16FNO3/c1-10-6-7-12(17)8-11(10)9-21-16(19)13-4-3-5-14(20-2)15(13)18/h3-8H,9,18H2,1-2H3. The molecule has 0 saturated heterocycles. The van der Waals surface area contributed by atoms with Gasteiger partial charge in [0.1, 0.15) is 18.2 Å². The molecular weight excluding hydrogens is 273 g/mol. The van der Waals surface area contributed by atoms with E-state index in [0.717, 1.165) is 5.56 Å². The number of methoxy groups -OCH3 is 1. The van der Waals surface area contributed by atoms with E-state index in [1.807, 2.05) is 6.92 Å². The fourth-order valence-corrected chi connectivity index (χ4v) is 1.92. The van der Waals surface area contributed by atoms with Gasteiger partial charge in [0.25, 0.3) is 0 Å². The third-order valence-corrected chi connectivity index (χ3v) is 3.18. The van der Waals surface area contributed by atoms with Crippen LogP contribution in [0.5, 0.6) is 5.75 Å². The van der Waals surface area contributed by atoms with Crippen LogP contribution in [0.3, 0.4) is 0 Å². The molecule has 0 heterocycles. The minimum absolute atomic E-state index is 0.0148. The summed E-state index contributed by atoms with van der Waals surface area (Å²) in [6, 6.07) is 9.21. The van der Waals surface area contributed by atoms with Gasteiger partial charge in [0.15, 0.2) is 0 Å². The summed E-state index contributed by atoms with van der Waals surface area (Å²) in [6.45, 7) is 1.81. The number of para-hydroxylation sites is 1. The van der Waals surface area contributed by atoms with Crippen LogP contribution in [0.25, 0.3) is 0 Å². The van der Waals surface area contributed by atoms with Gasteiger partial charge in [-0.15, -0.1) is 0 Å². The minimum Gasteiger partial charge on any atom is -0.495 e. The van der Waals surface area contributed by atoms with Crippen LogP contribution in [0, 0.1) is 12.7 Å². The Morgan fingerprint density at radius 3 is 2.76 bits per heavy atom. The normalized spacial score (nSPS) is 10.2. The topological polar surface area (TPSA) is 61.5 Å². The van der Waals surface area contributed by atoms with Crippen LogP contribution in [0.4, 0.5) is 10.1 Å². The number of nitrogens with two attached hydrogens (primary N) is 1. The predicted molar refractivity (Wildman–Crippen MR) is 77.7 cm³/mol. The van der Waals surface area contributed by atoms with E-state index < -0.39 is 5.97 Å². The van der Waals surface area contributed by atoms with Crippen molar-refractivity contribution < 1.29 is 18.7 Å². The molecule has 2 rings (SSSR count). The molecule has 0 saturated carbocycles. The van der Waals surface area contributed by atoms with Gasteiger partial charge < -0.3 is 15.2 Å². The van der Waals surface area contributed by atoms with E-state index in [9.17, 15) is 9.18 Å². The lowest BCUT2D eigenvalue weighted by Crippen LogP contribution is -2.09. The predicted octanol–water partition coefficient (Wildman–Crippen LogP) is 3.08. The van der Waals surface area contributed by atoms with Crippen molar-refractivity contribution in [1.82, 2.24) is 0 Å². The van der Waals surface area contributed by atoms with Gasteiger partial charge in [-0.05, 0) is 42.3 Å². The zero-order valence-electron chi connectivity index (χ0n) is 11.9. The second-order valence-electron chi connectivity index (χ2n) is 4.57. The molecule has 0 fully saturated rings. The van der Waals surface area contributed by atoms with Gasteiger partial charge in [0.05, 0.1) is 18.4 Å². The number of esters is 1. The summed E-state index contributed by atoms with van der Waals surface area (Å²) < 4.78 is 23.4. The van der Waals surface area contributed by atoms with E-state index in [4.69, 9.17) is 15.2 Å². The first kappa shape index (κ1) is 14.8. The summed E-state index contributed by atoms with van der Waals surface area (Å²) in [5, 5.41) is 0. The highest BCUT2D eigenvalue weighted by molar-refractivity contribution is 5.96. The third-order valence-electron chi connectivity index (χ3n) is 3.18. The van der Waals surface area contributed by atoms with Crippen LogP contribution in [0.15, 0.2) is 36.4 Å². The summed E-state index contributed by atoms with van der Waals surface area (Å²) in [6.07, 6.45) is 0. The molecule has 2 aromatic rings. The Bertz CT molecular complexity index is 671. The maximum Gasteiger partial charge on any atom is 0.340 e. The average molecular weight is 289 g/mol. The number of carbonyl (C=O) groups is 1. The van der Waals surface area contributed by atoms with Crippen molar-refractivity contribution in [2.45, 2.75) is 13.5 Å². The Morgan fingerprint density at radius 1 is 1.29 bits per heavy atom. The van der Waals surface area contributed by atoms with Crippen LogP contribution in [-0.4, -0.2) is 13.1 Å². The SMILES string of the molecule is COc1cccc(C(=O)OCc2cc(F)ccc2C)c1N. The molecule has 0 atom stereocenters. The fraction of sp³-hybridized carbons (Fsp3) is 0.188. The van der Waals surface area contributed by atoms with Crippen LogP contribution < -0.4 is 10.5 Å².